The molecule has 0 saturated carbocycles. The van der Waals surface area contributed by atoms with Gasteiger partial charge < -0.3 is 9.64 Å². The van der Waals surface area contributed by atoms with Gasteiger partial charge in [0.15, 0.2) is 0 Å². The Morgan fingerprint density at radius 2 is 1.81 bits per heavy atom. The number of hydrogen-bond acceptors (Lipinski definition) is 4. The van der Waals surface area contributed by atoms with Gasteiger partial charge in [0.2, 0.25) is 10.0 Å². The van der Waals surface area contributed by atoms with Crippen molar-refractivity contribution >= 4 is 27.3 Å². The summed E-state index contributed by atoms with van der Waals surface area (Å²) in [5.74, 6) is 0.448. The minimum atomic E-state index is -3.60. The van der Waals surface area contributed by atoms with E-state index in [1.807, 2.05) is 0 Å². The van der Waals surface area contributed by atoms with Crippen LogP contribution in [0, 0.1) is 0 Å². The molecule has 140 valence electrons. The highest BCUT2D eigenvalue weighted by Gasteiger charge is 2.16. The van der Waals surface area contributed by atoms with Crippen LogP contribution in [0.15, 0.2) is 47.4 Å². The zero-order valence-electron chi connectivity index (χ0n) is 14.7. The first-order valence-corrected chi connectivity index (χ1v) is 10.5. The van der Waals surface area contributed by atoms with Crippen molar-refractivity contribution in [2.24, 2.45) is 0 Å². The van der Waals surface area contributed by atoms with E-state index >= 15 is 0 Å². The van der Waals surface area contributed by atoms with Crippen LogP contribution in [0.4, 0.5) is 5.69 Å². The lowest BCUT2D eigenvalue weighted by molar-refractivity contribution is 0.414. The number of methoxy groups -OCH3 is 1. The van der Waals surface area contributed by atoms with Gasteiger partial charge in [-0.3, -0.25) is 0 Å². The van der Waals surface area contributed by atoms with Crippen molar-refractivity contribution in [1.29, 1.82) is 0 Å². The minimum Gasteiger partial charge on any atom is -0.495 e. The lowest BCUT2D eigenvalue weighted by atomic mass is 10.1. The van der Waals surface area contributed by atoms with Crippen LogP contribution in [-0.4, -0.2) is 35.2 Å². The highest BCUT2D eigenvalue weighted by atomic mass is 35.5. The van der Waals surface area contributed by atoms with E-state index < -0.39 is 10.0 Å². The first-order chi connectivity index (χ1) is 12.5. The van der Waals surface area contributed by atoms with E-state index in [1.165, 1.54) is 37.8 Å². The van der Waals surface area contributed by atoms with Crippen LogP contribution in [0.3, 0.4) is 0 Å². The zero-order chi connectivity index (χ0) is 18.6. The molecule has 0 atom stereocenters. The number of anilines is 1. The van der Waals surface area contributed by atoms with Gasteiger partial charge in [-0.15, -0.1) is 0 Å². The van der Waals surface area contributed by atoms with Gasteiger partial charge >= 0.3 is 0 Å². The van der Waals surface area contributed by atoms with Crippen molar-refractivity contribution in [1.82, 2.24) is 4.72 Å². The summed E-state index contributed by atoms with van der Waals surface area (Å²) in [6, 6.07) is 12.8. The van der Waals surface area contributed by atoms with E-state index in [1.54, 1.807) is 6.07 Å². The lowest BCUT2D eigenvalue weighted by Gasteiger charge is -2.17. The van der Waals surface area contributed by atoms with Crippen molar-refractivity contribution in [2.45, 2.75) is 24.2 Å². The van der Waals surface area contributed by atoms with Crippen molar-refractivity contribution < 1.29 is 13.2 Å². The molecule has 1 fully saturated rings. The highest BCUT2D eigenvalue weighted by Crippen LogP contribution is 2.26. The molecule has 0 unspecified atom stereocenters. The average Bonchev–Trinajstić information content (AvgIpc) is 3.17. The number of nitrogens with one attached hydrogen (secondary N) is 1. The number of benzene rings is 2. The van der Waals surface area contributed by atoms with Gasteiger partial charge in [-0.1, -0.05) is 23.7 Å². The molecule has 0 aliphatic carbocycles. The smallest absolute Gasteiger partial charge is 0.240 e. The molecule has 26 heavy (non-hydrogen) atoms. The largest absolute Gasteiger partial charge is 0.495 e. The van der Waals surface area contributed by atoms with Crippen LogP contribution in [-0.2, 0) is 16.4 Å². The number of ether oxygens (including phenoxy) is 1. The Hall–Kier alpha value is -1.76. The topological polar surface area (TPSA) is 58.6 Å². The number of halogens is 1. The zero-order valence-corrected chi connectivity index (χ0v) is 16.3. The Labute approximate surface area is 160 Å². The van der Waals surface area contributed by atoms with Gasteiger partial charge in [0.05, 0.1) is 17.0 Å². The predicted octanol–water partition coefficient (Wildman–Crippen LogP) is 3.47. The summed E-state index contributed by atoms with van der Waals surface area (Å²) in [7, 11) is -2.11. The molecule has 5 nitrogen and oxygen atoms in total. The Bertz CT molecular complexity index is 848. The fraction of sp³-hybridized carbons (Fsp3) is 0.368. The van der Waals surface area contributed by atoms with Crippen molar-refractivity contribution in [3.8, 4) is 5.75 Å². The fourth-order valence-corrected chi connectivity index (χ4v) is 4.46. The molecule has 0 bridgehead atoms. The first-order valence-electron chi connectivity index (χ1n) is 8.67. The number of nitrogens with zero attached hydrogens (tertiary/aromatic N) is 1. The summed E-state index contributed by atoms with van der Waals surface area (Å²) in [5.41, 5.74) is 2.34. The Morgan fingerprint density at radius 1 is 1.12 bits per heavy atom. The molecule has 1 saturated heterocycles. The molecular formula is C19H23ClN2O3S. The average molecular weight is 395 g/mol. The van der Waals surface area contributed by atoms with Crippen LogP contribution in [0.2, 0.25) is 5.02 Å². The highest BCUT2D eigenvalue weighted by molar-refractivity contribution is 7.89. The number of hydrogen-bond donors (Lipinski definition) is 1. The van der Waals surface area contributed by atoms with Crippen LogP contribution in [0.5, 0.6) is 5.75 Å². The van der Waals surface area contributed by atoms with E-state index in [-0.39, 0.29) is 9.92 Å². The van der Waals surface area contributed by atoms with Gasteiger partial charge in [0.1, 0.15) is 5.75 Å². The van der Waals surface area contributed by atoms with Gasteiger partial charge in [-0.05, 0) is 55.2 Å². The van der Waals surface area contributed by atoms with Gasteiger partial charge in [0, 0.05) is 25.3 Å². The van der Waals surface area contributed by atoms with E-state index in [0.29, 0.717) is 18.7 Å². The molecule has 0 radical (unpaired) electrons. The molecule has 1 N–H and O–H groups in total. The SMILES string of the molecule is COc1ccc(S(=O)(=O)NCCc2ccc(N3CCCC3)cc2)cc1Cl. The van der Waals surface area contributed by atoms with Crippen LogP contribution >= 0.6 is 11.6 Å². The third kappa shape index (κ3) is 4.50. The third-order valence-electron chi connectivity index (χ3n) is 4.55. The molecule has 7 heteroatoms. The molecule has 0 aromatic heterocycles. The summed E-state index contributed by atoms with van der Waals surface area (Å²) in [5, 5.41) is 0.271. The third-order valence-corrected chi connectivity index (χ3v) is 6.30. The Morgan fingerprint density at radius 3 is 2.42 bits per heavy atom. The molecule has 3 rings (SSSR count). The van der Waals surface area contributed by atoms with E-state index in [2.05, 4.69) is 33.9 Å². The quantitative estimate of drug-likeness (QED) is 0.781. The van der Waals surface area contributed by atoms with E-state index in [4.69, 9.17) is 16.3 Å². The fourth-order valence-electron chi connectivity index (χ4n) is 3.08. The molecular weight excluding hydrogens is 372 g/mol. The summed E-state index contributed by atoms with van der Waals surface area (Å²) in [6.45, 7) is 2.56. The summed E-state index contributed by atoms with van der Waals surface area (Å²) in [6.07, 6.45) is 3.13. The molecule has 0 amide bonds. The molecule has 2 aromatic carbocycles. The second kappa shape index (κ2) is 8.29. The summed E-state index contributed by atoms with van der Waals surface area (Å²) >= 11 is 6.01. The van der Waals surface area contributed by atoms with Gasteiger partial charge in [-0.2, -0.15) is 0 Å². The standard InChI is InChI=1S/C19H23ClN2O3S/c1-25-19-9-8-17(14-18(19)20)26(23,24)21-11-10-15-4-6-16(7-5-15)22-12-2-3-13-22/h4-9,14,21H,2-3,10-13H2,1H3. The summed E-state index contributed by atoms with van der Waals surface area (Å²) in [4.78, 5) is 2.51. The first kappa shape index (κ1) is 19.0. The second-order valence-electron chi connectivity index (χ2n) is 6.30. The van der Waals surface area contributed by atoms with Crippen LogP contribution < -0.4 is 14.4 Å². The molecule has 1 aliphatic rings. The monoisotopic (exact) mass is 394 g/mol. The van der Waals surface area contributed by atoms with Crippen LogP contribution in [0.1, 0.15) is 18.4 Å². The molecule has 1 heterocycles. The molecule has 0 spiro atoms. The number of sulfonamides is 1. The van der Waals surface area contributed by atoms with Crippen molar-refractivity contribution in [3.63, 3.8) is 0 Å². The van der Waals surface area contributed by atoms with Crippen molar-refractivity contribution in [2.75, 3.05) is 31.6 Å². The molecule has 2 aromatic rings. The van der Waals surface area contributed by atoms with Crippen molar-refractivity contribution in [3.05, 3.63) is 53.1 Å². The Kier molecular flexibility index (Phi) is 6.06. The normalized spacial score (nSPS) is 14.6. The maximum Gasteiger partial charge on any atom is 0.240 e. The summed E-state index contributed by atoms with van der Waals surface area (Å²) < 4.78 is 32.4. The maximum atomic E-state index is 12.4. The lowest BCUT2D eigenvalue weighted by Crippen LogP contribution is -2.26. The number of rotatable bonds is 7. The van der Waals surface area contributed by atoms with Gasteiger partial charge in [0.25, 0.3) is 0 Å². The molecule has 1 aliphatic heterocycles. The maximum absolute atomic E-state index is 12.4. The van der Waals surface area contributed by atoms with E-state index in [9.17, 15) is 8.42 Å². The van der Waals surface area contributed by atoms with Crippen LogP contribution in [0.25, 0.3) is 0 Å². The predicted molar refractivity (Wildman–Crippen MR) is 105 cm³/mol. The second-order valence-corrected chi connectivity index (χ2v) is 8.48. The Balaban J connectivity index is 1.57. The van der Waals surface area contributed by atoms with Gasteiger partial charge in [-0.25, -0.2) is 13.1 Å². The van der Waals surface area contributed by atoms with E-state index in [0.717, 1.165) is 18.7 Å². The minimum absolute atomic E-state index is 0.132.